The molecular formula is C9H9N3. The number of rotatable bonds is 1. The fourth-order valence-electron chi connectivity index (χ4n) is 1.14. The summed E-state index contributed by atoms with van der Waals surface area (Å²) in [4.78, 5) is 8.16. The number of fused-ring (bicyclic) bond motifs is 1. The van der Waals surface area contributed by atoms with E-state index in [1.54, 1.807) is 18.6 Å². The molecule has 2 rings (SSSR count). The lowest BCUT2D eigenvalue weighted by molar-refractivity contribution is 1.06. The van der Waals surface area contributed by atoms with E-state index in [1.165, 1.54) is 0 Å². The van der Waals surface area contributed by atoms with Gasteiger partial charge in [-0.3, -0.25) is 9.97 Å². The molecule has 0 fully saturated rings. The lowest BCUT2D eigenvalue weighted by atomic mass is 10.2. The van der Waals surface area contributed by atoms with Gasteiger partial charge in [-0.1, -0.05) is 0 Å². The largest absolute Gasteiger partial charge is 0.326 e. The molecule has 0 saturated carbocycles. The molecule has 1 atom stereocenters. The maximum atomic E-state index is 7.40. The van der Waals surface area contributed by atoms with Crippen molar-refractivity contribution >= 4 is 10.9 Å². The summed E-state index contributed by atoms with van der Waals surface area (Å²) in [5, 5.41) is 0.919. The summed E-state index contributed by atoms with van der Waals surface area (Å²) >= 11 is 0. The van der Waals surface area contributed by atoms with E-state index in [4.69, 9.17) is 7.10 Å². The van der Waals surface area contributed by atoms with Gasteiger partial charge in [-0.15, -0.1) is 0 Å². The van der Waals surface area contributed by atoms with Crippen LogP contribution in [0.15, 0.2) is 30.7 Å². The van der Waals surface area contributed by atoms with Crippen LogP contribution in [-0.2, 0) is 6.52 Å². The van der Waals surface area contributed by atoms with Gasteiger partial charge in [0, 0.05) is 37.4 Å². The summed E-state index contributed by atoms with van der Waals surface area (Å²) in [5.41, 5.74) is 6.90. The van der Waals surface area contributed by atoms with Crippen LogP contribution in [0.1, 0.15) is 6.93 Å². The first-order valence-corrected chi connectivity index (χ1v) is 3.65. The Morgan fingerprint density at radius 1 is 1.50 bits per heavy atom. The standard InChI is InChI=1S/C9H9N3/c10-4-8-6-11-5-7-2-1-3-12-9(7)8/h1-3,5-6H,4,10H2/i4D/t4-/m0/s1. The van der Waals surface area contributed by atoms with Crippen LogP contribution in [0.25, 0.3) is 10.9 Å². The molecule has 0 saturated heterocycles. The number of pyridine rings is 2. The number of nitrogens with zero attached hydrogens (tertiary/aromatic N) is 2. The summed E-state index contributed by atoms with van der Waals surface area (Å²) in [5.74, 6) is 0. The Labute approximate surface area is 71.7 Å². The number of aromatic nitrogens is 2. The second-order valence-electron chi connectivity index (χ2n) is 2.47. The van der Waals surface area contributed by atoms with Gasteiger partial charge in [0.05, 0.1) is 5.52 Å². The van der Waals surface area contributed by atoms with E-state index in [-0.39, 0.29) is 0 Å². The Hall–Kier alpha value is -1.48. The highest BCUT2D eigenvalue weighted by molar-refractivity contribution is 5.80. The fourth-order valence-corrected chi connectivity index (χ4v) is 1.14. The Balaban J connectivity index is 2.76. The minimum Gasteiger partial charge on any atom is -0.326 e. The van der Waals surface area contributed by atoms with E-state index in [1.807, 2.05) is 12.1 Å². The normalized spacial score (nSPS) is 14.2. The SMILES string of the molecule is [2H][C@H](N)c1cncc2cccnc12. The summed E-state index contributed by atoms with van der Waals surface area (Å²) in [7, 11) is 0. The zero-order valence-corrected chi connectivity index (χ0v) is 6.44. The molecule has 0 amide bonds. The van der Waals surface area contributed by atoms with E-state index in [0.717, 1.165) is 10.9 Å². The van der Waals surface area contributed by atoms with E-state index < -0.39 is 6.52 Å². The van der Waals surface area contributed by atoms with E-state index in [2.05, 4.69) is 9.97 Å². The van der Waals surface area contributed by atoms with Crippen molar-refractivity contribution in [2.24, 2.45) is 5.73 Å². The molecule has 2 aromatic heterocycles. The summed E-state index contributed by atoms with van der Waals surface area (Å²) in [6.07, 6.45) is 5.00. The van der Waals surface area contributed by atoms with Crippen molar-refractivity contribution < 1.29 is 1.37 Å². The lowest BCUT2D eigenvalue weighted by Gasteiger charge is -2.00. The summed E-state index contributed by atoms with van der Waals surface area (Å²) in [6, 6.07) is 3.74. The average Bonchev–Trinajstić information content (AvgIpc) is 2.17. The van der Waals surface area contributed by atoms with Crippen LogP contribution in [-0.4, -0.2) is 9.97 Å². The molecule has 0 aliphatic heterocycles. The Kier molecular flexibility index (Phi) is 1.45. The highest BCUT2D eigenvalue weighted by atomic mass is 14.7. The topological polar surface area (TPSA) is 51.8 Å². The third kappa shape index (κ3) is 1.04. The predicted molar refractivity (Wildman–Crippen MR) is 47.4 cm³/mol. The molecule has 60 valence electrons. The van der Waals surface area contributed by atoms with E-state index in [9.17, 15) is 0 Å². The molecule has 0 aliphatic rings. The quantitative estimate of drug-likeness (QED) is 0.679. The molecule has 2 N–H and O–H groups in total. The van der Waals surface area contributed by atoms with Gasteiger partial charge in [0.1, 0.15) is 0 Å². The molecule has 3 nitrogen and oxygen atoms in total. The van der Waals surface area contributed by atoms with E-state index >= 15 is 0 Å². The monoisotopic (exact) mass is 160 g/mol. The molecule has 0 aromatic carbocycles. The van der Waals surface area contributed by atoms with E-state index in [0.29, 0.717) is 5.56 Å². The minimum absolute atomic E-state index is 0.665. The van der Waals surface area contributed by atoms with Crippen LogP contribution < -0.4 is 5.73 Å². The third-order valence-corrected chi connectivity index (χ3v) is 1.72. The summed E-state index contributed by atoms with van der Waals surface area (Å²) in [6.45, 7) is -0.772. The second-order valence-corrected chi connectivity index (χ2v) is 2.47. The Bertz CT molecular complexity index is 423. The summed E-state index contributed by atoms with van der Waals surface area (Å²) < 4.78 is 7.40. The average molecular weight is 160 g/mol. The molecule has 0 unspecified atom stereocenters. The van der Waals surface area contributed by atoms with Gasteiger partial charge in [0.2, 0.25) is 0 Å². The van der Waals surface area contributed by atoms with Crippen molar-refractivity contribution in [2.75, 3.05) is 0 Å². The maximum Gasteiger partial charge on any atom is 0.0777 e. The van der Waals surface area contributed by atoms with Gasteiger partial charge in [0.15, 0.2) is 0 Å². The number of nitrogens with two attached hydrogens (primary N) is 1. The van der Waals surface area contributed by atoms with Crippen molar-refractivity contribution in [3.63, 3.8) is 0 Å². The first kappa shape index (κ1) is 6.08. The van der Waals surface area contributed by atoms with Crippen LogP contribution >= 0.6 is 0 Å². The molecule has 0 aliphatic carbocycles. The van der Waals surface area contributed by atoms with Crippen LogP contribution in [0, 0.1) is 0 Å². The predicted octanol–water partition coefficient (Wildman–Crippen LogP) is 1.09. The molecule has 0 radical (unpaired) electrons. The number of hydrogen-bond donors (Lipinski definition) is 1. The zero-order chi connectivity index (χ0) is 9.26. The van der Waals surface area contributed by atoms with Crippen LogP contribution in [0.4, 0.5) is 0 Å². The minimum atomic E-state index is -0.772. The van der Waals surface area contributed by atoms with Gasteiger partial charge in [0.25, 0.3) is 0 Å². The Morgan fingerprint density at radius 3 is 3.25 bits per heavy atom. The van der Waals surface area contributed by atoms with Crippen molar-refractivity contribution in [2.45, 2.75) is 6.52 Å². The molecule has 2 heterocycles. The Morgan fingerprint density at radius 2 is 2.42 bits per heavy atom. The molecular weight excluding hydrogens is 150 g/mol. The van der Waals surface area contributed by atoms with Crippen molar-refractivity contribution in [3.8, 4) is 0 Å². The molecule has 0 spiro atoms. The third-order valence-electron chi connectivity index (χ3n) is 1.72. The molecule has 12 heavy (non-hydrogen) atoms. The molecule has 2 aromatic rings. The van der Waals surface area contributed by atoms with Crippen molar-refractivity contribution in [3.05, 3.63) is 36.3 Å². The van der Waals surface area contributed by atoms with Gasteiger partial charge in [-0.2, -0.15) is 0 Å². The zero-order valence-electron chi connectivity index (χ0n) is 7.44. The lowest BCUT2D eigenvalue weighted by Crippen LogP contribution is -1.98. The van der Waals surface area contributed by atoms with Crippen LogP contribution in [0.5, 0.6) is 0 Å². The highest BCUT2D eigenvalue weighted by Crippen LogP contribution is 2.12. The van der Waals surface area contributed by atoms with Gasteiger partial charge in [-0.25, -0.2) is 0 Å². The molecule has 3 heteroatoms. The highest BCUT2D eigenvalue weighted by Gasteiger charge is 1.98. The van der Waals surface area contributed by atoms with Gasteiger partial charge in [-0.05, 0) is 12.1 Å². The van der Waals surface area contributed by atoms with Gasteiger partial charge < -0.3 is 5.73 Å². The maximum absolute atomic E-state index is 7.40. The molecule has 0 bridgehead atoms. The smallest absolute Gasteiger partial charge is 0.0777 e. The first-order valence-electron chi connectivity index (χ1n) is 4.23. The second kappa shape index (κ2) is 2.87. The number of hydrogen-bond acceptors (Lipinski definition) is 3. The van der Waals surface area contributed by atoms with Crippen molar-refractivity contribution in [1.29, 1.82) is 0 Å². The van der Waals surface area contributed by atoms with Crippen LogP contribution in [0.3, 0.4) is 0 Å². The fraction of sp³-hybridized carbons (Fsp3) is 0.111. The first-order chi connectivity index (χ1) is 6.29. The van der Waals surface area contributed by atoms with Gasteiger partial charge >= 0.3 is 0 Å². The van der Waals surface area contributed by atoms with Crippen LogP contribution in [0.2, 0.25) is 0 Å². The van der Waals surface area contributed by atoms with Crippen molar-refractivity contribution in [1.82, 2.24) is 9.97 Å².